The molecule has 9 nitrogen and oxygen atoms in total. The number of para-hydroxylation sites is 1. The van der Waals surface area contributed by atoms with Gasteiger partial charge in [-0.25, -0.2) is 4.68 Å². The van der Waals surface area contributed by atoms with Crippen LogP contribution in [-0.4, -0.2) is 42.4 Å². The predicted molar refractivity (Wildman–Crippen MR) is 156 cm³/mol. The maximum Gasteiger partial charge on any atom is 0.295 e. The molecule has 0 fully saturated rings. The molecule has 0 saturated heterocycles. The minimum atomic E-state index is -0.580. The predicted octanol–water partition coefficient (Wildman–Crippen LogP) is 5.23. The van der Waals surface area contributed by atoms with Gasteiger partial charge in [0.05, 0.1) is 34.3 Å². The quantitative estimate of drug-likeness (QED) is 0.261. The number of methoxy groups -OCH3 is 1. The lowest BCUT2D eigenvalue weighted by molar-refractivity contribution is -0.115. The molecule has 1 atom stereocenters. The highest BCUT2D eigenvalue weighted by Gasteiger charge is 2.26. The summed E-state index contributed by atoms with van der Waals surface area (Å²) in [6.45, 7) is 5.60. The van der Waals surface area contributed by atoms with E-state index in [1.54, 1.807) is 37.1 Å². The van der Waals surface area contributed by atoms with Gasteiger partial charge in [-0.3, -0.25) is 18.8 Å². The molecule has 0 unspecified atom stereocenters. The van der Waals surface area contributed by atoms with Crippen LogP contribution in [0.3, 0.4) is 0 Å². The van der Waals surface area contributed by atoms with E-state index in [0.29, 0.717) is 22.4 Å². The number of thioether (sulfide) groups is 1. The van der Waals surface area contributed by atoms with Gasteiger partial charge in [-0.2, -0.15) is 0 Å². The lowest BCUT2D eigenvalue weighted by atomic mass is 10.2. The van der Waals surface area contributed by atoms with Gasteiger partial charge in [-0.05, 0) is 62.0 Å². The number of carbonyl (C=O) groups is 1. The average Bonchev–Trinajstić information content (AvgIpc) is 3.65. The van der Waals surface area contributed by atoms with E-state index in [-0.39, 0.29) is 17.2 Å². The minimum absolute atomic E-state index is 0.250. The summed E-state index contributed by atoms with van der Waals surface area (Å²) in [4.78, 5) is 27.6. The first-order valence-corrected chi connectivity index (χ1v) is 14.0. The number of hydrogen-bond donors (Lipinski definition) is 1. The summed E-state index contributed by atoms with van der Waals surface area (Å²) in [5.41, 5.74) is 3.16. The van der Waals surface area contributed by atoms with Crippen molar-refractivity contribution >= 4 is 34.7 Å². The fraction of sp³-hybridized carbons (Fsp3) is 0.214. The van der Waals surface area contributed by atoms with E-state index in [4.69, 9.17) is 4.74 Å². The van der Waals surface area contributed by atoms with E-state index >= 15 is 0 Å². The number of rotatable bonds is 8. The van der Waals surface area contributed by atoms with Gasteiger partial charge in [0.15, 0.2) is 11.0 Å². The molecule has 3 aromatic heterocycles. The maximum atomic E-state index is 13.4. The molecule has 5 rings (SSSR count). The van der Waals surface area contributed by atoms with Crippen molar-refractivity contribution in [2.24, 2.45) is 7.05 Å². The van der Waals surface area contributed by atoms with Crippen LogP contribution in [0, 0.1) is 13.8 Å². The number of thiophene rings is 1. The first-order chi connectivity index (χ1) is 18.8. The van der Waals surface area contributed by atoms with Gasteiger partial charge < -0.3 is 10.1 Å². The SMILES string of the molecule is COc1ccc(C)cc1-n1c(S[C@@H](C)C(=O)Nc2c(C)n(C)n(-c3ccccc3)c2=O)nnc1-c1cccs1. The van der Waals surface area contributed by atoms with E-state index in [9.17, 15) is 9.59 Å². The van der Waals surface area contributed by atoms with Crippen molar-refractivity contribution in [3.63, 3.8) is 0 Å². The summed E-state index contributed by atoms with van der Waals surface area (Å²) in [6.07, 6.45) is 0. The van der Waals surface area contributed by atoms with E-state index in [0.717, 1.165) is 21.8 Å². The number of carbonyl (C=O) groups excluding carboxylic acids is 1. The van der Waals surface area contributed by atoms with Gasteiger partial charge in [0.2, 0.25) is 5.91 Å². The number of nitrogens with zero attached hydrogens (tertiary/aromatic N) is 5. The third-order valence-corrected chi connectivity index (χ3v) is 8.31. The van der Waals surface area contributed by atoms with Gasteiger partial charge in [0.1, 0.15) is 11.4 Å². The van der Waals surface area contributed by atoms with Crippen LogP contribution >= 0.6 is 23.1 Å². The van der Waals surface area contributed by atoms with Crippen molar-refractivity contribution in [2.45, 2.75) is 31.2 Å². The van der Waals surface area contributed by atoms with Crippen molar-refractivity contribution in [3.8, 4) is 27.8 Å². The van der Waals surface area contributed by atoms with Crippen molar-refractivity contribution in [1.29, 1.82) is 0 Å². The van der Waals surface area contributed by atoms with Gasteiger partial charge in [0, 0.05) is 7.05 Å². The molecule has 0 bridgehead atoms. The zero-order valence-electron chi connectivity index (χ0n) is 22.2. The van der Waals surface area contributed by atoms with E-state index in [1.165, 1.54) is 16.4 Å². The monoisotopic (exact) mass is 560 g/mol. The highest BCUT2D eigenvalue weighted by Crippen LogP contribution is 2.36. The summed E-state index contributed by atoms with van der Waals surface area (Å²) in [6, 6.07) is 19.1. The lowest BCUT2D eigenvalue weighted by Crippen LogP contribution is -2.27. The molecule has 3 heterocycles. The smallest absolute Gasteiger partial charge is 0.295 e. The fourth-order valence-corrected chi connectivity index (χ4v) is 5.81. The molecule has 0 aliphatic carbocycles. The molecule has 0 spiro atoms. The van der Waals surface area contributed by atoms with Crippen LogP contribution in [-0.2, 0) is 11.8 Å². The number of hydrogen-bond acceptors (Lipinski definition) is 7. The zero-order valence-corrected chi connectivity index (χ0v) is 23.8. The Morgan fingerprint density at radius 1 is 1.08 bits per heavy atom. The first kappa shape index (κ1) is 26.5. The third-order valence-electron chi connectivity index (χ3n) is 6.40. The second kappa shape index (κ2) is 11.0. The molecule has 11 heteroatoms. The number of ether oxygens (including phenoxy) is 1. The van der Waals surface area contributed by atoms with Crippen LogP contribution in [0.1, 0.15) is 18.2 Å². The van der Waals surface area contributed by atoms with Crippen molar-refractivity contribution < 1.29 is 9.53 Å². The molecular formula is C28H28N6O3S2. The second-order valence-corrected chi connectivity index (χ2v) is 11.2. The molecule has 2 aromatic carbocycles. The maximum absolute atomic E-state index is 13.4. The van der Waals surface area contributed by atoms with Crippen molar-refractivity contribution in [3.05, 3.63) is 87.7 Å². The topological polar surface area (TPSA) is 96.0 Å². The Bertz CT molecular complexity index is 1690. The zero-order chi connectivity index (χ0) is 27.7. The van der Waals surface area contributed by atoms with Gasteiger partial charge in [-0.1, -0.05) is 42.1 Å². The number of anilines is 1. The number of nitrogens with one attached hydrogen (secondary N) is 1. The Morgan fingerprint density at radius 3 is 2.54 bits per heavy atom. The van der Waals surface area contributed by atoms with Gasteiger partial charge in [-0.15, -0.1) is 21.5 Å². The van der Waals surface area contributed by atoms with E-state index in [1.807, 2.05) is 84.5 Å². The van der Waals surface area contributed by atoms with Crippen LogP contribution in [0.25, 0.3) is 22.1 Å². The summed E-state index contributed by atoms with van der Waals surface area (Å²) < 4.78 is 10.9. The Morgan fingerprint density at radius 2 is 1.85 bits per heavy atom. The van der Waals surface area contributed by atoms with Crippen LogP contribution < -0.4 is 15.6 Å². The van der Waals surface area contributed by atoms with Crippen LogP contribution in [0.15, 0.2) is 76.0 Å². The van der Waals surface area contributed by atoms with Gasteiger partial charge in [0.25, 0.3) is 5.56 Å². The molecule has 0 radical (unpaired) electrons. The number of benzene rings is 2. The molecule has 0 aliphatic heterocycles. The molecule has 200 valence electrons. The van der Waals surface area contributed by atoms with E-state index in [2.05, 4.69) is 15.5 Å². The highest BCUT2D eigenvalue weighted by molar-refractivity contribution is 8.00. The normalized spacial score (nSPS) is 11.9. The molecule has 1 N–H and O–H groups in total. The Hall–Kier alpha value is -4.09. The van der Waals surface area contributed by atoms with Crippen molar-refractivity contribution in [2.75, 3.05) is 12.4 Å². The van der Waals surface area contributed by atoms with Crippen LogP contribution in [0.4, 0.5) is 5.69 Å². The van der Waals surface area contributed by atoms with Crippen LogP contribution in [0.5, 0.6) is 5.75 Å². The molecule has 39 heavy (non-hydrogen) atoms. The average molecular weight is 561 g/mol. The first-order valence-electron chi connectivity index (χ1n) is 12.3. The summed E-state index contributed by atoms with van der Waals surface area (Å²) in [5, 5.41) is 13.7. The Kier molecular flexibility index (Phi) is 7.45. The molecule has 5 aromatic rings. The number of aryl methyl sites for hydroxylation is 1. The number of aromatic nitrogens is 5. The molecular weight excluding hydrogens is 532 g/mol. The summed E-state index contributed by atoms with van der Waals surface area (Å²) >= 11 is 2.82. The van der Waals surface area contributed by atoms with Crippen molar-refractivity contribution in [1.82, 2.24) is 24.1 Å². The summed E-state index contributed by atoms with van der Waals surface area (Å²) in [7, 11) is 3.41. The van der Waals surface area contributed by atoms with Gasteiger partial charge >= 0.3 is 0 Å². The minimum Gasteiger partial charge on any atom is -0.495 e. The Labute approximate surface area is 234 Å². The molecule has 0 saturated carbocycles. The summed E-state index contributed by atoms with van der Waals surface area (Å²) in [5.74, 6) is 1.02. The largest absolute Gasteiger partial charge is 0.495 e. The molecule has 0 aliphatic rings. The third kappa shape index (κ3) is 5.02. The van der Waals surface area contributed by atoms with E-state index < -0.39 is 5.25 Å². The van der Waals surface area contributed by atoms with Crippen LogP contribution in [0.2, 0.25) is 0 Å². The number of amides is 1. The lowest BCUT2D eigenvalue weighted by Gasteiger charge is -2.16. The molecule has 1 amide bonds. The standard InChI is InChI=1S/C28H28N6O3S2/c1-17-13-14-22(37-5)21(16-17)33-25(23-12-9-15-38-23)30-31-28(33)39-19(3)26(35)29-24-18(2)32(4)34(27(24)36)20-10-7-6-8-11-20/h6-16,19H,1-5H3,(H,29,35)/t19-/m0/s1. The Balaban J connectivity index is 1.47. The highest BCUT2D eigenvalue weighted by atomic mass is 32.2. The second-order valence-electron chi connectivity index (χ2n) is 8.98. The fourth-order valence-electron chi connectivity index (χ4n) is 4.25.